The van der Waals surface area contributed by atoms with E-state index in [1.165, 1.54) is 23.5 Å². The molecule has 1 aliphatic heterocycles. The Morgan fingerprint density at radius 2 is 1.96 bits per heavy atom. The van der Waals surface area contributed by atoms with Crippen LogP contribution >= 0.6 is 0 Å². The van der Waals surface area contributed by atoms with E-state index in [0.29, 0.717) is 31.7 Å². The third-order valence-corrected chi connectivity index (χ3v) is 4.64. The summed E-state index contributed by atoms with van der Waals surface area (Å²) >= 11 is 0. The first-order valence-corrected chi connectivity index (χ1v) is 9.09. The lowest BCUT2D eigenvalue weighted by molar-refractivity contribution is -0.132. The summed E-state index contributed by atoms with van der Waals surface area (Å²) in [6.45, 7) is 4.41. The molecule has 1 aliphatic rings. The van der Waals surface area contributed by atoms with Gasteiger partial charge in [0.05, 0.1) is 6.20 Å². The number of nitrogens with zero attached hydrogens (tertiary/aromatic N) is 4. The topological polar surface area (TPSA) is 66.4 Å². The minimum absolute atomic E-state index is 0.0903. The summed E-state index contributed by atoms with van der Waals surface area (Å²) in [6.07, 6.45) is 6.56. The van der Waals surface area contributed by atoms with Gasteiger partial charge in [0.25, 0.3) is 5.91 Å². The molecule has 136 valence electrons. The van der Waals surface area contributed by atoms with Gasteiger partial charge >= 0.3 is 0 Å². The fourth-order valence-electron chi connectivity index (χ4n) is 3.25. The number of amides is 2. The summed E-state index contributed by atoms with van der Waals surface area (Å²) < 4.78 is 0. The van der Waals surface area contributed by atoms with Gasteiger partial charge in [0, 0.05) is 45.0 Å². The molecule has 2 amide bonds. The molecular formula is C20H24N4O2. The van der Waals surface area contributed by atoms with Crippen molar-refractivity contribution in [2.45, 2.75) is 32.7 Å². The largest absolute Gasteiger partial charge is 0.338 e. The molecule has 2 heterocycles. The molecule has 0 radical (unpaired) electrons. The van der Waals surface area contributed by atoms with E-state index >= 15 is 0 Å². The van der Waals surface area contributed by atoms with Crippen molar-refractivity contribution in [3.8, 4) is 0 Å². The van der Waals surface area contributed by atoms with Crippen molar-refractivity contribution in [3.63, 3.8) is 0 Å². The molecular weight excluding hydrogens is 328 g/mol. The average Bonchev–Trinajstić information content (AvgIpc) is 2.70. The normalized spacial score (nSPS) is 13.2. The van der Waals surface area contributed by atoms with Crippen molar-refractivity contribution < 1.29 is 9.59 Å². The van der Waals surface area contributed by atoms with Gasteiger partial charge in [0.2, 0.25) is 5.91 Å². The van der Waals surface area contributed by atoms with Gasteiger partial charge < -0.3 is 9.80 Å². The summed E-state index contributed by atoms with van der Waals surface area (Å²) in [6, 6.07) is 8.25. The summed E-state index contributed by atoms with van der Waals surface area (Å²) in [7, 11) is 0. The number of rotatable bonds is 6. The van der Waals surface area contributed by atoms with Crippen LogP contribution in [0.1, 0.15) is 41.4 Å². The minimum Gasteiger partial charge on any atom is -0.338 e. The standard InChI is InChI=1S/C20H24N4O2/c1-2-11-23(20(26)18-14-21-9-10-22-18)13-8-19(25)24-12-7-16-5-3-4-6-17(16)15-24/h3-6,9-10,14H,2,7-8,11-13,15H2,1H3. The van der Waals surface area contributed by atoms with Crippen molar-refractivity contribution in [1.29, 1.82) is 0 Å². The van der Waals surface area contributed by atoms with E-state index in [0.717, 1.165) is 19.4 Å². The first kappa shape index (κ1) is 18.0. The molecule has 0 bridgehead atoms. The van der Waals surface area contributed by atoms with Gasteiger partial charge in [-0.1, -0.05) is 31.2 Å². The number of benzene rings is 1. The predicted molar refractivity (Wildman–Crippen MR) is 98.4 cm³/mol. The summed E-state index contributed by atoms with van der Waals surface area (Å²) in [4.78, 5) is 36.8. The van der Waals surface area contributed by atoms with Crippen LogP contribution in [-0.2, 0) is 17.8 Å². The second kappa shape index (κ2) is 8.56. The van der Waals surface area contributed by atoms with Gasteiger partial charge in [-0.05, 0) is 24.0 Å². The average molecular weight is 352 g/mol. The number of hydrogen-bond acceptors (Lipinski definition) is 4. The van der Waals surface area contributed by atoms with E-state index < -0.39 is 0 Å². The number of fused-ring (bicyclic) bond motifs is 1. The Balaban J connectivity index is 1.59. The highest BCUT2D eigenvalue weighted by Gasteiger charge is 2.22. The summed E-state index contributed by atoms with van der Waals surface area (Å²) in [5, 5.41) is 0. The number of hydrogen-bond donors (Lipinski definition) is 0. The molecule has 6 nitrogen and oxygen atoms in total. The van der Waals surface area contributed by atoms with Crippen molar-refractivity contribution in [3.05, 3.63) is 59.7 Å². The quantitative estimate of drug-likeness (QED) is 0.800. The number of aromatic nitrogens is 2. The van der Waals surface area contributed by atoms with Crippen LogP contribution in [0.25, 0.3) is 0 Å². The molecule has 0 saturated carbocycles. The Hall–Kier alpha value is -2.76. The van der Waals surface area contributed by atoms with Crippen molar-refractivity contribution >= 4 is 11.8 Å². The zero-order chi connectivity index (χ0) is 18.4. The third kappa shape index (κ3) is 4.25. The maximum absolute atomic E-state index is 12.6. The molecule has 0 unspecified atom stereocenters. The zero-order valence-corrected chi connectivity index (χ0v) is 15.1. The van der Waals surface area contributed by atoms with E-state index in [4.69, 9.17) is 0 Å². The van der Waals surface area contributed by atoms with Crippen LogP contribution in [0, 0.1) is 0 Å². The molecule has 0 atom stereocenters. The Labute approximate surface area is 153 Å². The van der Waals surface area contributed by atoms with Crippen LogP contribution in [-0.4, -0.2) is 51.2 Å². The molecule has 6 heteroatoms. The second-order valence-electron chi connectivity index (χ2n) is 6.47. The van der Waals surface area contributed by atoms with Crippen LogP contribution in [0.4, 0.5) is 0 Å². The molecule has 0 spiro atoms. The van der Waals surface area contributed by atoms with Crippen molar-refractivity contribution in [2.24, 2.45) is 0 Å². The Kier molecular flexibility index (Phi) is 5.94. The fraction of sp³-hybridized carbons (Fsp3) is 0.400. The van der Waals surface area contributed by atoms with E-state index in [2.05, 4.69) is 22.1 Å². The smallest absolute Gasteiger partial charge is 0.274 e. The Morgan fingerprint density at radius 3 is 2.69 bits per heavy atom. The molecule has 0 fully saturated rings. The SMILES string of the molecule is CCCN(CCC(=O)N1CCc2ccccc2C1)C(=O)c1cnccn1. The summed E-state index contributed by atoms with van der Waals surface area (Å²) in [5.74, 6) is -0.0794. The molecule has 3 rings (SSSR count). The van der Waals surface area contributed by atoms with E-state index in [9.17, 15) is 9.59 Å². The highest BCUT2D eigenvalue weighted by molar-refractivity contribution is 5.92. The first-order valence-electron chi connectivity index (χ1n) is 9.09. The van der Waals surface area contributed by atoms with Crippen LogP contribution in [0.15, 0.2) is 42.9 Å². The second-order valence-corrected chi connectivity index (χ2v) is 6.47. The van der Waals surface area contributed by atoms with Gasteiger partial charge in [0.1, 0.15) is 5.69 Å². The predicted octanol–water partition coefficient (Wildman–Crippen LogP) is 2.30. The van der Waals surface area contributed by atoms with E-state index in [1.807, 2.05) is 24.0 Å². The van der Waals surface area contributed by atoms with Crippen LogP contribution in [0.3, 0.4) is 0 Å². The molecule has 1 aromatic heterocycles. The Bertz CT molecular complexity index is 763. The van der Waals surface area contributed by atoms with Crippen LogP contribution in [0.5, 0.6) is 0 Å². The third-order valence-electron chi connectivity index (χ3n) is 4.64. The molecule has 0 aliphatic carbocycles. The summed E-state index contributed by atoms with van der Waals surface area (Å²) in [5.41, 5.74) is 2.86. The molecule has 0 N–H and O–H groups in total. The lowest BCUT2D eigenvalue weighted by Gasteiger charge is -2.30. The molecule has 1 aromatic carbocycles. The number of carbonyl (C=O) groups is 2. The lowest BCUT2D eigenvalue weighted by Crippen LogP contribution is -2.39. The maximum Gasteiger partial charge on any atom is 0.274 e. The van der Waals surface area contributed by atoms with Gasteiger partial charge in [0.15, 0.2) is 0 Å². The Morgan fingerprint density at radius 1 is 1.15 bits per heavy atom. The lowest BCUT2D eigenvalue weighted by atomic mass is 10.00. The molecule has 26 heavy (non-hydrogen) atoms. The van der Waals surface area contributed by atoms with Gasteiger partial charge in [-0.2, -0.15) is 0 Å². The fourth-order valence-corrected chi connectivity index (χ4v) is 3.25. The van der Waals surface area contributed by atoms with E-state index in [1.54, 1.807) is 11.1 Å². The van der Waals surface area contributed by atoms with Crippen molar-refractivity contribution in [2.75, 3.05) is 19.6 Å². The first-order chi connectivity index (χ1) is 12.7. The minimum atomic E-state index is -0.170. The van der Waals surface area contributed by atoms with E-state index in [-0.39, 0.29) is 11.8 Å². The monoisotopic (exact) mass is 352 g/mol. The highest BCUT2D eigenvalue weighted by Crippen LogP contribution is 2.19. The highest BCUT2D eigenvalue weighted by atomic mass is 16.2. The molecule has 2 aromatic rings. The van der Waals surface area contributed by atoms with Gasteiger partial charge in [-0.25, -0.2) is 4.98 Å². The zero-order valence-electron chi connectivity index (χ0n) is 15.1. The molecule has 0 saturated heterocycles. The maximum atomic E-state index is 12.6. The number of carbonyl (C=O) groups excluding carboxylic acids is 2. The van der Waals surface area contributed by atoms with Crippen LogP contribution < -0.4 is 0 Å². The van der Waals surface area contributed by atoms with Gasteiger partial charge in [-0.15, -0.1) is 0 Å². The van der Waals surface area contributed by atoms with Crippen LogP contribution in [0.2, 0.25) is 0 Å². The van der Waals surface area contributed by atoms with Gasteiger partial charge in [-0.3, -0.25) is 14.6 Å². The van der Waals surface area contributed by atoms with Crippen molar-refractivity contribution in [1.82, 2.24) is 19.8 Å².